The van der Waals surface area contributed by atoms with Gasteiger partial charge in [0.25, 0.3) is 0 Å². The summed E-state index contributed by atoms with van der Waals surface area (Å²) in [5, 5.41) is 8.69. The van der Waals surface area contributed by atoms with Crippen molar-refractivity contribution in [1.29, 1.82) is 0 Å². The average molecular weight is 177 g/mol. The Balaban J connectivity index is 2.92. The molecule has 3 heteroatoms. The number of hydrogen-bond donors (Lipinski definition) is 2. The fourth-order valence-corrected chi connectivity index (χ4v) is 0.958. The maximum Gasteiger partial charge on any atom is 0.332 e. The molecule has 0 aliphatic carbocycles. The van der Waals surface area contributed by atoms with Crippen molar-refractivity contribution in [3.8, 4) is 0 Å². The number of carboxylic acids is 1. The highest BCUT2D eigenvalue weighted by molar-refractivity contribution is 5.92. The first-order valence-corrected chi connectivity index (χ1v) is 3.93. The predicted molar refractivity (Wildman–Crippen MR) is 51.1 cm³/mol. The Kier molecular flexibility index (Phi) is 3.23. The number of benzene rings is 1. The zero-order valence-electron chi connectivity index (χ0n) is 7.10. The summed E-state index contributed by atoms with van der Waals surface area (Å²) in [6, 6.07) is 9.24. The lowest BCUT2D eigenvalue weighted by Gasteiger charge is -1.97. The summed E-state index contributed by atoms with van der Waals surface area (Å²) in [6.45, 7) is 0.0459. The minimum Gasteiger partial charge on any atom is -0.478 e. The van der Waals surface area contributed by atoms with E-state index in [1.165, 1.54) is 0 Å². The Morgan fingerprint density at radius 1 is 1.38 bits per heavy atom. The van der Waals surface area contributed by atoms with Crippen molar-refractivity contribution in [2.45, 2.75) is 0 Å². The van der Waals surface area contributed by atoms with Crippen LogP contribution in [0.1, 0.15) is 5.56 Å². The molecular formula is C10H11NO2. The number of carboxylic acid groups (broad SMARTS) is 1. The summed E-state index contributed by atoms with van der Waals surface area (Å²) >= 11 is 0. The van der Waals surface area contributed by atoms with E-state index in [1.54, 1.807) is 6.08 Å². The Morgan fingerprint density at radius 2 is 2.00 bits per heavy atom. The third-order valence-corrected chi connectivity index (χ3v) is 1.64. The third kappa shape index (κ3) is 2.72. The molecule has 0 heterocycles. The van der Waals surface area contributed by atoms with Crippen molar-refractivity contribution >= 4 is 12.0 Å². The molecule has 3 N–H and O–H groups in total. The highest BCUT2D eigenvalue weighted by Gasteiger charge is 2.03. The lowest BCUT2D eigenvalue weighted by atomic mass is 10.1. The fourth-order valence-electron chi connectivity index (χ4n) is 0.958. The molecule has 0 aromatic heterocycles. The standard InChI is InChI=1S/C10H11NO2/c11-7-9(10(12)13)6-8-4-2-1-3-5-8/h1-6H,7,11H2,(H,12,13)/b9-6-. The molecule has 0 amide bonds. The van der Waals surface area contributed by atoms with E-state index in [0.717, 1.165) is 5.56 Å². The maximum absolute atomic E-state index is 10.6. The number of aliphatic carboxylic acids is 1. The zero-order valence-corrected chi connectivity index (χ0v) is 7.10. The number of rotatable bonds is 3. The molecule has 13 heavy (non-hydrogen) atoms. The van der Waals surface area contributed by atoms with Crippen LogP contribution in [0.5, 0.6) is 0 Å². The first-order valence-electron chi connectivity index (χ1n) is 3.93. The first-order chi connectivity index (χ1) is 6.24. The normalized spacial score (nSPS) is 11.3. The van der Waals surface area contributed by atoms with Crippen LogP contribution in [-0.4, -0.2) is 17.6 Å². The molecule has 1 rings (SSSR count). The van der Waals surface area contributed by atoms with E-state index in [1.807, 2.05) is 30.3 Å². The second kappa shape index (κ2) is 4.42. The second-order valence-corrected chi connectivity index (χ2v) is 2.59. The molecule has 0 aliphatic rings. The molecular weight excluding hydrogens is 166 g/mol. The molecule has 0 atom stereocenters. The van der Waals surface area contributed by atoms with Crippen LogP contribution in [0.3, 0.4) is 0 Å². The van der Waals surface area contributed by atoms with Gasteiger partial charge in [-0.15, -0.1) is 0 Å². The van der Waals surface area contributed by atoms with Crippen LogP contribution in [0.15, 0.2) is 35.9 Å². The third-order valence-electron chi connectivity index (χ3n) is 1.64. The summed E-state index contributed by atoms with van der Waals surface area (Å²) in [7, 11) is 0. The van der Waals surface area contributed by atoms with Crippen LogP contribution in [0.25, 0.3) is 6.08 Å². The van der Waals surface area contributed by atoms with Crippen LogP contribution < -0.4 is 5.73 Å². The average Bonchev–Trinajstić information content (AvgIpc) is 2.15. The molecule has 68 valence electrons. The molecule has 0 saturated heterocycles. The van der Waals surface area contributed by atoms with E-state index in [2.05, 4.69) is 0 Å². The van der Waals surface area contributed by atoms with Gasteiger partial charge >= 0.3 is 5.97 Å². The molecule has 3 nitrogen and oxygen atoms in total. The van der Waals surface area contributed by atoms with Gasteiger partial charge in [-0.2, -0.15) is 0 Å². The van der Waals surface area contributed by atoms with Gasteiger partial charge in [-0.1, -0.05) is 30.3 Å². The second-order valence-electron chi connectivity index (χ2n) is 2.59. The molecule has 0 saturated carbocycles. The van der Waals surface area contributed by atoms with Gasteiger partial charge in [0.1, 0.15) is 0 Å². The molecule has 0 spiro atoms. The lowest BCUT2D eigenvalue weighted by molar-refractivity contribution is -0.132. The van der Waals surface area contributed by atoms with Crippen LogP contribution in [0.2, 0.25) is 0 Å². The van der Waals surface area contributed by atoms with E-state index < -0.39 is 5.97 Å². The van der Waals surface area contributed by atoms with Gasteiger partial charge in [-0.3, -0.25) is 0 Å². The lowest BCUT2D eigenvalue weighted by Crippen LogP contribution is -2.11. The minimum atomic E-state index is -0.966. The highest BCUT2D eigenvalue weighted by atomic mass is 16.4. The van der Waals surface area contributed by atoms with E-state index in [9.17, 15) is 4.79 Å². The first kappa shape index (κ1) is 9.48. The Labute approximate surface area is 76.5 Å². The Bertz CT molecular complexity index is 317. The van der Waals surface area contributed by atoms with Crippen LogP contribution in [0, 0.1) is 0 Å². The quantitative estimate of drug-likeness (QED) is 0.680. The fraction of sp³-hybridized carbons (Fsp3) is 0.100. The van der Waals surface area contributed by atoms with Crippen molar-refractivity contribution in [1.82, 2.24) is 0 Å². The smallest absolute Gasteiger partial charge is 0.332 e. The van der Waals surface area contributed by atoms with Gasteiger partial charge in [-0.25, -0.2) is 4.79 Å². The summed E-state index contributed by atoms with van der Waals surface area (Å²) in [4.78, 5) is 10.6. The van der Waals surface area contributed by atoms with Crippen molar-refractivity contribution in [3.05, 3.63) is 41.5 Å². The SMILES string of the molecule is NC/C(=C/c1ccccc1)C(=O)O. The van der Waals surface area contributed by atoms with Crippen molar-refractivity contribution in [2.75, 3.05) is 6.54 Å². The summed E-state index contributed by atoms with van der Waals surface area (Å²) in [6.07, 6.45) is 1.57. The van der Waals surface area contributed by atoms with E-state index in [4.69, 9.17) is 10.8 Å². The van der Waals surface area contributed by atoms with Crippen molar-refractivity contribution in [2.24, 2.45) is 5.73 Å². The number of nitrogens with two attached hydrogens (primary N) is 1. The van der Waals surface area contributed by atoms with Gasteiger partial charge in [-0.05, 0) is 11.6 Å². The number of hydrogen-bond acceptors (Lipinski definition) is 2. The van der Waals surface area contributed by atoms with Gasteiger partial charge in [0.15, 0.2) is 0 Å². The van der Waals surface area contributed by atoms with Gasteiger partial charge < -0.3 is 10.8 Å². The summed E-state index contributed by atoms with van der Waals surface area (Å²) in [5.41, 5.74) is 6.34. The topological polar surface area (TPSA) is 63.3 Å². The van der Waals surface area contributed by atoms with E-state index in [-0.39, 0.29) is 12.1 Å². The number of carbonyl (C=O) groups is 1. The van der Waals surface area contributed by atoms with Crippen LogP contribution >= 0.6 is 0 Å². The Hall–Kier alpha value is -1.61. The predicted octanol–water partition coefficient (Wildman–Crippen LogP) is 1.11. The van der Waals surface area contributed by atoms with Crippen LogP contribution in [0.4, 0.5) is 0 Å². The molecule has 0 aliphatic heterocycles. The van der Waals surface area contributed by atoms with Crippen molar-refractivity contribution < 1.29 is 9.90 Å². The maximum atomic E-state index is 10.6. The molecule has 1 aromatic carbocycles. The molecule has 1 aromatic rings. The largest absolute Gasteiger partial charge is 0.478 e. The Morgan fingerprint density at radius 3 is 2.46 bits per heavy atom. The van der Waals surface area contributed by atoms with Crippen LogP contribution in [-0.2, 0) is 4.79 Å². The molecule has 0 radical (unpaired) electrons. The highest BCUT2D eigenvalue weighted by Crippen LogP contribution is 2.05. The zero-order chi connectivity index (χ0) is 9.68. The van der Waals surface area contributed by atoms with E-state index >= 15 is 0 Å². The molecule has 0 bridgehead atoms. The summed E-state index contributed by atoms with van der Waals surface area (Å²) < 4.78 is 0. The molecule has 0 fully saturated rings. The van der Waals surface area contributed by atoms with E-state index in [0.29, 0.717) is 0 Å². The van der Waals surface area contributed by atoms with Gasteiger partial charge in [0, 0.05) is 6.54 Å². The van der Waals surface area contributed by atoms with Gasteiger partial charge in [0.05, 0.1) is 5.57 Å². The van der Waals surface area contributed by atoms with Gasteiger partial charge in [0.2, 0.25) is 0 Å². The molecule has 0 unspecified atom stereocenters. The summed E-state index contributed by atoms with van der Waals surface area (Å²) in [5.74, 6) is -0.966. The minimum absolute atomic E-state index is 0.0459. The monoisotopic (exact) mass is 177 g/mol. The van der Waals surface area contributed by atoms with Crippen molar-refractivity contribution in [3.63, 3.8) is 0 Å².